The van der Waals surface area contributed by atoms with E-state index in [9.17, 15) is 0 Å². The van der Waals surface area contributed by atoms with Crippen molar-refractivity contribution >= 4 is 46.2 Å². The van der Waals surface area contributed by atoms with Crippen molar-refractivity contribution in [1.82, 2.24) is 20.0 Å². The number of aromatic nitrogens is 2. The number of hydrogen-bond donors (Lipinski definition) is 2. The summed E-state index contributed by atoms with van der Waals surface area (Å²) in [5.74, 6) is 1.25. The molecule has 0 radical (unpaired) electrons. The molecule has 0 saturated carbocycles. The van der Waals surface area contributed by atoms with E-state index in [1.807, 2.05) is 28.2 Å². The topological polar surface area (TPSA) is 53.7 Å². The smallest absolute Gasteiger partial charge is 0.193 e. The summed E-state index contributed by atoms with van der Waals surface area (Å²) in [7, 11) is 0. The molecule has 2 N–H and O–H groups in total. The average molecular weight is 469 g/mol. The molecule has 0 spiro atoms. The number of imidazole rings is 1. The van der Waals surface area contributed by atoms with E-state index in [4.69, 9.17) is 0 Å². The number of nitrogens with zero attached hydrogens (tertiary/aromatic N) is 3. The van der Waals surface area contributed by atoms with Crippen LogP contribution in [0.1, 0.15) is 31.0 Å². The number of nitrogens with one attached hydrogen (secondary N) is 2. The maximum absolute atomic E-state index is 4.65. The van der Waals surface area contributed by atoms with Crippen LogP contribution in [0.2, 0.25) is 0 Å². The lowest BCUT2D eigenvalue weighted by atomic mass is 10.0. The minimum atomic E-state index is 0. The Hall–Kier alpha value is -1.61. The first-order chi connectivity index (χ1) is 11.8. The Bertz CT molecular complexity index is 768. The first-order valence-electron chi connectivity index (χ1n) is 8.24. The zero-order chi connectivity index (χ0) is 16.8. The molecule has 1 aromatic carbocycles. The van der Waals surface area contributed by atoms with E-state index in [2.05, 4.69) is 58.7 Å². The Morgan fingerprint density at radius 2 is 2.08 bits per heavy atom. The molecule has 0 aliphatic heterocycles. The quantitative estimate of drug-likeness (QED) is 0.328. The summed E-state index contributed by atoms with van der Waals surface area (Å²) in [5.41, 5.74) is 2.31. The van der Waals surface area contributed by atoms with Crippen LogP contribution in [0, 0.1) is 0 Å². The summed E-state index contributed by atoms with van der Waals surface area (Å²) in [6.07, 6.45) is 4.05. The molecule has 25 heavy (non-hydrogen) atoms. The van der Waals surface area contributed by atoms with Crippen LogP contribution >= 0.6 is 35.3 Å². The Labute approximate surface area is 169 Å². The molecular formula is C18H24IN5S. The molecule has 1 atom stereocenters. The van der Waals surface area contributed by atoms with Crippen molar-refractivity contribution in [1.29, 1.82) is 0 Å². The van der Waals surface area contributed by atoms with Crippen molar-refractivity contribution in [3.05, 3.63) is 59.4 Å². The molecule has 0 amide bonds. The summed E-state index contributed by atoms with van der Waals surface area (Å²) in [4.78, 5) is 10.2. The fourth-order valence-electron chi connectivity index (χ4n) is 2.50. The van der Waals surface area contributed by atoms with Crippen LogP contribution in [0.15, 0.2) is 53.1 Å². The molecule has 0 bridgehead atoms. The van der Waals surface area contributed by atoms with Gasteiger partial charge in [0.1, 0.15) is 0 Å². The summed E-state index contributed by atoms with van der Waals surface area (Å²) in [6, 6.07) is 10.5. The van der Waals surface area contributed by atoms with Gasteiger partial charge < -0.3 is 10.6 Å². The number of guanidine groups is 1. The molecule has 0 aliphatic carbocycles. The Kier molecular flexibility index (Phi) is 7.70. The molecule has 5 nitrogen and oxygen atoms in total. The normalized spacial score (nSPS) is 12.6. The van der Waals surface area contributed by atoms with E-state index in [-0.39, 0.29) is 24.0 Å². The third-order valence-electron chi connectivity index (χ3n) is 3.83. The van der Waals surface area contributed by atoms with Gasteiger partial charge >= 0.3 is 0 Å². The number of rotatable bonds is 6. The van der Waals surface area contributed by atoms with Crippen molar-refractivity contribution in [2.75, 3.05) is 13.1 Å². The van der Waals surface area contributed by atoms with Crippen molar-refractivity contribution in [3.63, 3.8) is 0 Å². The first kappa shape index (κ1) is 19.7. The fourth-order valence-corrected chi connectivity index (χ4v) is 3.22. The van der Waals surface area contributed by atoms with Gasteiger partial charge in [-0.15, -0.1) is 35.3 Å². The van der Waals surface area contributed by atoms with Gasteiger partial charge in [-0.05, 0) is 18.4 Å². The minimum absolute atomic E-state index is 0. The second-order valence-electron chi connectivity index (χ2n) is 5.71. The minimum Gasteiger partial charge on any atom is -0.357 e. The molecule has 3 rings (SSSR count). The van der Waals surface area contributed by atoms with Gasteiger partial charge in [-0.2, -0.15) is 0 Å². The zero-order valence-corrected chi connectivity index (χ0v) is 17.6. The van der Waals surface area contributed by atoms with Crippen LogP contribution in [-0.2, 0) is 6.54 Å². The van der Waals surface area contributed by atoms with Crippen molar-refractivity contribution in [2.24, 2.45) is 4.99 Å². The largest absolute Gasteiger partial charge is 0.357 e. The molecule has 0 aliphatic rings. The predicted octanol–water partition coefficient (Wildman–Crippen LogP) is 3.87. The van der Waals surface area contributed by atoms with E-state index in [1.165, 1.54) is 5.56 Å². The van der Waals surface area contributed by atoms with Crippen molar-refractivity contribution in [3.8, 4) is 0 Å². The van der Waals surface area contributed by atoms with Gasteiger partial charge in [-0.3, -0.25) is 4.40 Å². The number of thiazole rings is 1. The monoisotopic (exact) mass is 469 g/mol. The Balaban J connectivity index is 0.00000225. The predicted molar refractivity (Wildman–Crippen MR) is 116 cm³/mol. The molecule has 0 saturated heterocycles. The molecule has 1 unspecified atom stereocenters. The number of hydrogen-bond acceptors (Lipinski definition) is 3. The van der Waals surface area contributed by atoms with E-state index >= 15 is 0 Å². The standard InChI is InChI=1S/C18H23N5S.HI/c1-3-19-17(20-11-14(2)15-7-5-4-6-8-15)21-12-16-13-23-9-10-24-18(23)22-16;/h4-10,13-14H,3,11-12H2,1-2H3,(H2,19,20,21);1H. The van der Waals surface area contributed by atoms with Gasteiger partial charge in [0.05, 0.1) is 12.2 Å². The average Bonchev–Trinajstić information content (AvgIpc) is 3.19. The van der Waals surface area contributed by atoms with Gasteiger partial charge in [0.2, 0.25) is 0 Å². The lowest BCUT2D eigenvalue weighted by molar-refractivity contribution is 0.699. The van der Waals surface area contributed by atoms with Crippen molar-refractivity contribution < 1.29 is 0 Å². The molecular weight excluding hydrogens is 445 g/mol. The number of halogens is 1. The van der Waals surface area contributed by atoms with Crippen LogP contribution in [0.4, 0.5) is 0 Å². The van der Waals surface area contributed by atoms with Crippen LogP contribution in [0.3, 0.4) is 0 Å². The van der Waals surface area contributed by atoms with Crippen LogP contribution in [0.25, 0.3) is 4.96 Å². The highest BCUT2D eigenvalue weighted by molar-refractivity contribution is 14.0. The van der Waals surface area contributed by atoms with Crippen LogP contribution in [0.5, 0.6) is 0 Å². The number of fused-ring (bicyclic) bond motifs is 1. The summed E-state index contributed by atoms with van der Waals surface area (Å²) in [5, 5.41) is 8.75. The summed E-state index contributed by atoms with van der Waals surface area (Å²) < 4.78 is 2.04. The summed E-state index contributed by atoms with van der Waals surface area (Å²) >= 11 is 1.64. The molecule has 0 fully saturated rings. The molecule has 2 heterocycles. The highest BCUT2D eigenvalue weighted by Crippen LogP contribution is 2.13. The Morgan fingerprint density at radius 1 is 1.28 bits per heavy atom. The highest BCUT2D eigenvalue weighted by Gasteiger charge is 2.07. The summed E-state index contributed by atoms with van der Waals surface area (Å²) in [6.45, 7) is 6.54. The Morgan fingerprint density at radius 3 is 2.80 bits per heavy atom. The zero-order valence-electron chi connectivity index (χ0n) is 14.5. The fraction of sp³-hybridized carbons (Fsp3) is 0.333. The van der Waals surface area contributed by atoms with Gasteiger partial charge in [-0.1, -0.05) is 37.3 Å². The maximum atomic E-state index is 4.65. The van der Waals surface area contributed by atoms with Gasteiger partial charge in [0.25, 0.3) is 0 Å². The highest BCUT2D eigenvalue weighted by atomic mass is 127. The third kappa shape index (κ3) is 5.43. The lowest BCUT2D eigenvalue weighted by Gasteiger charge is -2.16. The van der Waals surface area contributed by atoms with Gasteiger partial charge in [0.15, 0.2) is 10.9 Å². The number of benzene rings is 1. The molecule has 3 aromatic rings. The van der Waals surface area contributed by atoms with Crippen LogP contribution in [-0.4, -0.2) is 28.4 Å². The SMILES string of the molecule is CCNC(=NCc1cn2ccsc2n1)NCC(C)c1ccccc1.I. The first-order valence-corrected chi connectivity index (χ1v) is 9.12. The lowest BCUT2D eigenvalue weighted by Crippen LogP contribution is -2.39. The van der Waals surface area contributed by atoms with Gasteiger partial charge in [0, 0.05) is 30.9 Å². The van der Waals surface area contributed by atoms with Gasteiger partial charge in [-0.25, -0.2) is 9.98 Å². The number of aliphatic imine (C=N–C) groups is 1. The van der Waals surface area contributed by atoms with E-state index < -0.39 is 0 Å². The molecule has 134 valence electrons. The van der Waals surface area contributed by atoms with Crippen molar-refractivity contribution in [2.45, 2.75) is 26.3 Å². The van der Waals surface area contributed by atoms with E-state index in [0.29, 0.717) is 12.5 Å². The second kappa shape index (κ2) is 9.76. The molecule has 2 aromatic heterocycles. The van der Waals surface area contributed by atoms with E-state index in [0.717, 1.165) is 29.7 Å². The molecule has 7 heteroatoms. The van der Waals surface area contributed by atoms with E-state index in [1.54, 1.807) is 11.3 Å². The third-order valence-corrected chi connectivity index (χ3v) is 4.60. The maximum Gasteiger partial charge on any atom is 0.193 e. The van der Waals surface area contributed by atoms with Crippen LogP contribution < -0.4 is 10.6 Å². The second-order valence-corrected chi connectivity index (χ2v) is 6.59.